The van der Waals surface area contributed by atoms with Gasteiger partial charge in [0.05, 0.1) is 35.6 Å². The number of benzene rings is 1. The zero-order valence-electron chi connectivity index (χ0n) is 24.2. The summed E-state index contributed by atoms with van der Waals surface area (Å²) in [5, 5.41) is 56.5. The van der Waals surface area contributed by atoms with Crippen molar-refractivity contribution in [2.75, 3.05) is 0 Å². The molecule has 1 aliphatic carbocycles. The third kappa shape index (κ3) is 4.71. The van der Waals surface area contributed by atoms with Crippen LogP contribution >= 0.6 is 0 Å². The Hall–Kier alpha value is -2.33. The first-order valence-corrected chi connectivity index (χ1v) is 13.8. The smallest absolute Gasteiger partial charge is 0.303 e. The van der Waals surface area contributed by atoms with Crippen molar-refractivity contribution >= 4 is 5.97 Å². The predicted molar refractivity (Wildman–Crippen MR) is 144 cm³/mol. The molecule has 0 spiro atoms. The number of phenolic OH excluding ortho intramolecular Hbond substituents is 2. The summed E-state index contributed by atoms with van der Waals surface area (Å²) in [7, 11) is 0. The Morgan fingerprint density at radius 3 is 2.44 bits per heavy atom. The third-order valence-electron chi connectivity index (χ3n) is 9.59. The quantitative estimate of drug-likeness (QED) is 0.209. The van der Waals surface area contributed by atoms with Crippen LogP contribution in [0.2, 0.25) is 0 Å². The number of aliphatic hydroxyl groups is 3. The molecule has 1 saturated carbocycles. The number of carbonyl (C=O) groups excluding carboxylic acids is 1. The molecule has 1 saturated heterocycles. The fraction of sp³-hybridized carbons (Fsp3) is 0.700. The van der Waals surface area contributed by atoms with Gasteiger partial charge in [0.15, 0.2) is 11.5 Å². The van der Waals surface area contributed by atoms with Gasteiger partial charge in [0.1, 0.15) is 17.5 Å². The number of rotatable bonds is 5. The second-order valence-corrected chi connectivity index (χ2v) is 12.7. The molecule has 0 bridgehead atoms. The van der Waals surface area contributed by atoms with Crippen LogP contribution in [-0.2, 0) is 14.3 Å². The fourth-order valence-corrected chi connectivity index (χ4v) is 7.23. The second-order valence-electron chi connectivity index (χ2n) is 12.7. The number of carbonyl (C=O) groups is 1. The van der Waals surface area contributed by atoms with Crippen LogP contribution in [0.4, 0.5) is 0 Å². The minimum absolute atomic E-state index is 0.00885. The van der Waals surface area contributed by atoms with E-state index in [4.69, 9.17) is 14.2 Å². The summed E-state index contributed by atoms with van der Waals surface area (Å²) in [6.45, 7) is 13.8. The highest BCUT2D eigenvalue weighted by Gasteiger charge is 2.66. The van der Waals surface area contributed by atoms with Gasteiger partial charge in [0, 0.05) is 36.2 Å². The van der Waals surface area contributed by atoms with Crippen molar-refractivity contribution in [1.29, 1.82) is 0 Å². The zero-order valence-corrected chi connectivity index (χ0v) is 24.2. The van der Waals surface area contributed by atoms with Gasteiger partial charge in [-0.2, -0.15) is 0 Å². The van der Waals surface area contributed by atoms with Gasteiger partial charge in [-0.25, -0.2) is 0 Å². The lowest BCUT2D eigenvalue weighted by Crippen LogP contribution is -2.68. The van der Waals surface area contributed by atoms with E-state index < -0.39 is 64.9 Å². The highest BCUT2D eigenvalue weighted by Crippen LogP contribution is 2.64. The molecule has 0 aromatic heterocycles. The maximum atomic E-state index is 11.8. The number of aliphatic hydroxyl groups excluding tert-OH is 2. The Morgan fingerprint density at radius 2 is 1.87 bits per heavy atom. The van der Waals surface area contributed by atoms with Gasteiger partial charge in [-0.1, -0.05) is 19.9 Å². The van der Waals surface area contributed by atoms with Crippen LogP contribution in [0.1, 0.15) is 97.8 Å². The molecule has 0 radical (unpaired) electrons. The monoisotopic (exact) mass is 548 g/mol. The van der Waals surface area contributed by atoms with Crippen LogP contribution in [-0.4, -0.2) is 67.1 Å². The molecule has 218 valence electrons. The topological polar surface area (TPSA) is 146 Å². The number of esters is 1. The average molecular weight is 549 g/mol. The van der Waals surface area contributed by atoms with Gasteiger partial charge in [-0.3, -0.25) is 4.79 Å². The fourth-order valence-electron chi connectivity index (χ4n) is 7.23. The molecule has 39 heavy (non-hydrogen) atoms. The first-order chi connectivity index (χ1) is 18.0. The molecule has 9 heteroatoms. The number of hydrogen-bond donors (Lipinski definition) is 5. The minimum atomic E-state index is -1.28. The van der Waals surface area contributed by atoms with Gasteiger partial charge < -0.3 is 39.7 Å². The molecule has 4 rings (SSSR count). The average Bonchev–Trinajstić information content (AvgIpc) is 2.83. The Bertz CT molecular complexity index is 1150. The molecule has 5 N–H and O–H groups in total. The van der Waals surface area contributed by atoms with Crippen LogP contribution in [0.15, 0.2) is 17.7 Å². The number of aromatic hydroxyl groups is 2. The van der Waals surface area contributed by atoms with Crippen LogP contribution in [0, 0.1) is 11.3 Å². The van der Waals surface area contributed by atoms with Crippen LogP contribution < -0.4 is 4.74 Å². The summed E-state index contributed by atoms with van der Waals surface area (Å²) in [4.78, 5) is 11.8. The van der Waals surface area contributed by atoms with E-state index in [1.807, 2.05) is 33.8 Å². The molecule has 2 fully saturated rings. The Kier molecular flexibility index (Phi) is 7.56. The van der Waals surface area contributed by atoms with Crippen LogP contribution in [0.3, 0.4) is 0 Å². The SMILES string of the molecule is CC=C(C)C(OC(C)=O)C(C)c1cc(O)c2c(c1O)OC1(C)CCC3OC(C(C)(C)O)CC(O)C3(C)C1C2O. The Labute approximate surface area is 230 Å². The van der Waals surface area contributed by atoms with E-state index in [1.54, 1.807) is 20.8 Å². The van der Waals surface area contributed by atoms with Crippen molar-refractivity contribution in [3.05, 3.63) is 28.8 Å². The van der Waals surface area contributed by atoms with Gasteiger partial charge in [0.2, 0.25) is 0 Å². The molecule has 2 aliphatic heterocycles. The minimum Gasteiger partial charge on any atom is -0.507 e. The summed E-state index contributed by atoms with van der Waals surface area (Å²) in [5.41, 5.74) is -1.95. The van der Waals surface area contributed by atoms with E-state index in [0.717, 1.165) is 5.57 Å². The number of phenols is 2. The van der Waals surface area contributed by atoms with Crippen molar-refractivity contribution in [3.63, 3.8) is 0 Å². The van der Waals surface area contributed by atoms with E-state index in [0.29, 0.717) is 18.4 Å². The zero-order chi connectivity index (χ0) is 29.2. The van der Waals surface area contributed by atoms with Crippen molar-refractivity contribution in [1.82, 2.24) is 0 Å². The second kappa shape index (κ2) is 9.94. The third-order valence-corrected chi connectivity index (χ3v) is 9.59. The molecule has 0 amide bonds. The first-order valence-electron chi connectivity index (χ1n) is 13.8. The maximum Gasteiger partial charge on any atom is 0.303 e. The van der Waals surface area contributed by atoms with Crippen molar-refractivity contribution in [3.8, 4) is 17.2 Å². The normalized spacial score (nSPS) is 36.1. The van der Waals surface area contributed by atoms with Crippen LogP contribution in [0.25, 0.3) is 0 Å². The summed E-state index contributed by atoms with van der Waals surface area (Å²) >= 11 is 0. The number of allylic oxidation sites excluding steroid dienone is 1. The summed E-state index contributed by atoms with van der Waals surface area (Å²) in [6, 6.07) is 1.38. The molecule has 1 aromatic carbocycles. The largest absolute Gasteiger partial charge is 0.507 e. The van der Waals surface area contributed by atoms with E-state index in [9.17, 15) is 30.3 Å². The lowest BCUT2D eigenvalue weighted by Gasteiger charge is -2.62. The summed E-state index contributed by atoms with van der Waals surface area (Å²) < 4.78 is 18.4. The van der Waals surface area contributed by atoms with Crippen molar-refractivity contribution < 1.29 is 44.5 Å². The highest BCUT2D eigenvalue weighted by atomic mass is 16.5. The van der Waals surface area contributed by atoms with Crippen molar-refractivity contribution in [2.24, 2.45) is 11.3 Å². The van der Waals surface area contributed by atoms with Gasteiger partial charge >= 0.3 is 5.97 Å². The van der Waals surface area contributed by atoms with E-state index in [2.05, 4.69) is 0 Å². The molecule has 9 unspecified atom stereocenters. The predicted octanol–water partition coefficient (Wildman–Crippen LogP) is 3.99. The van der Waals surface area contributed by atoms with Gasteiger partial charge in [0.25, 0.3) is 0 Å². The molecule has 1 aromatic rings. The van der Waals surface area contributed by atoms with Crippen molar-refractivity contribution in [2.45, 2.75) is 122 Å². The molecule has 9 nitrogen and oxygen atoms in total. The number of ether oxygens (including phenoxy) is 3. The molecular formula is C30H44O9. The summed E-state index contributed by atoms with van der Waals surface area (Å²) in [6.07, 6.45) is -0.945. The van der Waals surface area contributed by atoms with E-state index in [-0.39, 0.29) is 29.2 Å². The lowest BCUT2D eigenvalue weighted by atomic mass is 9.52. The first kappa shape index (κ1) is 29.6. The number of fused-ring (bicyclic) bond motifs is 4. The Balaban J connectivity index is 1.78. The standard InChI is InChI=1S/C30H44O9/c1-9-14(2)25(37-16(4)31)15(3)17-12-18(32)22-24(35)27-29(7,39-26(22)23(17)34)11-10-20-30(27,8)19(33)13-21(38-20)28(5,6)36/h9,12,15,19-21,24-25,27,32-36H,10-11,13H2,1-8H3. The molecule has 3 aliphatic rings. The van der Waals surface area contributed by atoms with Crippen LogP contribution in [0.5, 0.6) is 17.2 Å². The Morgan fingerprint density at radius 1 is 1.23 bits per heavy atom. The number of hydrogen-bond acceptors (Lipinski definition) is 9. The molecule has 9 atom stereocenters. The van der Waals surface area contributed by atoms with E-state index >= 15 is 0 Å². The van der Waals surface area contributed by atoms with E-state index in [1.165, 1.54) is 13.0 Å². The maximum absolute atomic E-state index is 11.8. The lowest BCUT2D eigenvalue weighted by molar-refractivity contribution is -0.289. The van der Waals surface area contributed by atoms with Gasteiger partial charge in [-0.05, 0) is 59.1 Å². The highest BCUT2D eigenvalue weighted by molar-refractivity contribution is 5.67. The van der Waals surface area contributed by atoms with Gasteiger partial charge in [-0.15, -0.1) is 0 Å². The summed E-state index contributed by atoms with van der Waals surface area (Å²) in [5.74, 6) is -2.18. The molecular weight excluding hydrogens is 504 g/mol. The molecule has 2 heterocycles.